The van der Waals surface area contributed by atoms with Gasteiger partial charge in [-0.25, -0.2) is 14.4 Å². The Hall–Kier alpha value is -2.29. The molecule has 0 spiro atoms. The summed E-state index contributed by atoms with van der Waals surface area (Å²) in [6.45, 7) is 16.0. The van der Waals surface area contributed by atoms with E-state index < -0.39 is 50.8 Å². The van der Waals surface area contributed by atoms with E-state index in [4.69, 9.17) is 4.43 Å². The predicted molar refractivity (Wildman–Crippen MR) is 160 cm³/mol. The molecular weight excluding hydrogens is 552 g/mol. The number of rotatable bonds is 12. The van der Waals surface area contributed by atoms with Gasteiger partial charge in [-0.3, -0.25) is 4.98 Å². The van der Waals surface area contributed by atoms with Gasteiger partial charge in [-0.15, -0.1) is 0 Å². The molecule has 1 aromatic carbocycles. The molecule has 2 atom stereocenters. The molecule has 40 heavy (non-hydrogen) atoms. The lowest BCUT2D eigenvalue weighted by atomic mass is 9.92. The number of nitrogens with one attached hydrogen (secondary N) is 1. The second-order valence-electron chi connectivity index (χ2n) is 11.3. The largest absolute Gasteiger partial charge is 0.407 e. The minimum atomic E-state index is -3.53. The van der Waals surface area contributed by atoms with Gasteiger partial charge >= 0.3 is 5.92 Å². The fraction of sp³-hybridized carbons (Fsp3) is 0.552. The molecule has 2 heterocycles. The third-order valence-electron chi connectivity index (χ3n) is 7.71. The quantitative estimate of drug-likeness (QED) is 0.169. The summed E-state index contributed by atoms with van der Waals surface area (Å²) in [5.74, 6) is -4.18. The zero-order valence-corrected chi connectivity index (χ0v) is 26.9. The first kappa shape index (κ1) is 32.2. The average molecular weight is 595 g/mol. The zero-order chi connectivity index (χ0) is 30.0. The Balaban J connectivity index is 2.04. The molecule has 0 saturated carbocycles. The van der Waals surface area contributed by atoms with Gasteiger partial charge < -0.3 is 14.3 Å². The lowest BCUT2D eigenvalue weighted by Gasteiger charge is -2.39. The number of hydrogen-bond acceptors (Lipinski definition) is 6. The maximum absolute atomic E-state index is 16.1. The highest BCUT2D eigenvalue weighted by molar-refractivity contribution is 7.69. The van der Waals surface area contributed by atoms with Crippen LogP contribution in [0.25, 0.3) is 10.9 Å². The molecule has 0 aliphatic heterocycles. The third kappa shape index (κ3) is 6.60. The number of hydrogen-bond donors (Lipinski definition) is 1. The number of fused-ring (bicyclic) bond motifs is 1. The first-order chi connectivity index (χ1) is 18.6. The fourth-order valence-corrected chi connectivity index (χ4v) is 8.75. The van der Waals surface area contributed by atoms with E-state index in [1.807, 2.05) is 20.8 Å². The molecule has 0 radical (unpaired) electrons. The van der Waals surface area contributed by atoms with Crippen molar-refractivity contribution in [1.29, 1.82) is 0 Å². The van der Waals surface area contributed by atoms with E-state index in [9.17, 15) is 4.57 Å². The fourth-order valence-electron chi connectivity index (χ4n) is 5.02. The van der Waals surface area contributed by atoms with Gasteiger partial charge in [0.25, 0.3) is 0 Å². The van der Waals surface area contributed by atoms with Crippen LogP contribution in [0.2, 0.25) is 18.1 Å². The first-order valence-corrected chi connectivity index (χ1v) is 19.0. The predicted octanol–water partition coefficient (Wildman–Crippen LogP) is 8.03. The van der Waals surface area contributed by atoms with E-state index in [2.05, 4.69) is 20.3 Å². The Kier molecular flexibility index (Phi) is 9.90. The summed E-state index contributed by atoms with van der Waals surface area (Å²) in [5, 5.41) is 3.75. The molecule has 3 aromatic rings. The van der Waals surface area contributed by atoms with Crippen molar-refractivity contribution in [2.45, 2.75) is 84.7 Å². The third-order valence-corrected chi connectivity index (χ3v) is 13.7. The number of aromatic nitrogens is 3. The monoisotopic (exact) mass is 594 g/mol. The number of nitrogens with zero attached hydrogens (tertiary/aromatic N) is 3. The summed E-state index contributed by atoms with van der Waals surface area (Å²) in [4.78, 5) is 13.2. The van der Waals surface area contributed by atoms with Gasteiger partial charge in [0.2, 0.25) is 0 Å². The normalized spacial score (nSPS) is 14.5. The molecule has 0 amide bonds. The van der Waals surface area contributed by atoms with Crippen LogP contribution in [0.5, 0.6) is 0 Å². The van der Waals surface area contributed by atoms with Gasteiger partial charge in [0.1, 0.15) is 36.1 Å². The molecule has 6 nitrogen and oxygen atoms in total. The lowest BCUT2D eigenvalue weighted by molar-refractivity contribution is -0.127. The van der Waals surface area contributed by atoms with E-state index >= 15 is 13.2 Å². The summed E-state index contributed by atoms with van der Waals surface area (Å²) >= 11 is 0. The van der Waals surface area contributed by atoms with Gasteiger partial charge in [-0.2, -0.15) is 8.78 Å². The van der Waals surface area contributed by atoms with E-state index in [1.165, 1.54) is 18.3 Å². The topological polar surface area (TPSA) is 77.0 Å². The van der Waals surface area contributed by atoms with Crippen LogP contribution < -0.4 is 10.8 Å². The van der Waals surface area contributed by atoms with Crippen molar-refractivity contribution in [3.05, 3.63) is 53.2 Å². The minimum Gasteiger partial charge on any atom is -0.407 e. The summed E-state index contributed by atoms with van der Waals surface area (Å²) < 4.78 is 67.2. The lowest BCUT2D eigenvalue weighted by Crippen LogP contribution is -2.48. The zero-order valence-electron chi connectivity index (χ0n) is 25.0. The van der Waals surface area contributed by atoms with Gasteiger partial charge in [-0.05, 0) is 63.4 Å². The molecule has 1 unspecified atom stereocenters. The summed E-state index contributed by atoms with van der Waals surface area (Å²) in [7, 11) is -5.06. The SMILES string of the molecule is CC[Si](CC)(CC)OC(C(C)C)C(F)(F)c1cccc([C@@H](C)Nc2nc(C)nc3cnc(P(C)(C)=O)cc23)c1F. The molecule has 0 fully saturated rings. The van der Waals surface area contributed by atoms with Crippen LogP contribution in [0, 0.1) is 18.7 Å². The van der Waals surface area contributed by atoms with Crippen LogP contribution in [0.3, 0.4) is 0 Å². The van der Waals surface area contributed by atoms with Crippen LogP contribution in [-0.4, -0.2) is 42.7 Å². The molecule has 0 bridgehead atoms. The molecule has 3 rings (SSSR count). The Morgan fingerprint density at radius 2 is 1.70 bits per heavy atom. The molecule has 0 aliphatic rings. The van der Waals surface area contributed by atoms with Gasteiger partial charge in [0.05, 0.1) is 23.3 Å². The van der Waals surface area contributed by atoms with Gasteiger partial charge in [-0.1, -0.05) is 46.8 Å². The van der Waals surface area contributed by atoms with Crippen molar-refractivity contribution in [2.75, 3.05) is 18.6 Å². The number of pyridine rings is 1. The van der Waals surface area contributed by atoms with Crippen molar-refractivity contribution in [2.24, 2.45) is 5.92 Å². The van der Waals surface area contributed by atoms with E-state index in [0.717, 1.165) is 24.2 Å². The van der Waals surface area contributed by atoms with Crippen LogP contribution in [-0.2, 0) is 14.9 Å². The Bertz CT molecular complexity index is 1390. The number of benzene rings is 1. The number of alkyl halides is 2. The maximum atomic E-state index is 16.1. The van der Waals surface area contributed by atoms with Crippen LogP contribution in [0.1, 0.15) is 64.5 Å². The molecule has 0 aliphatic carbocycles. The highest BCUT2D eigenvalue weighted by Gasteiger charge is 2.49. The summed E-state index contributed by atoms with van der Waals surface area (Å²) in [6.07, 6.45) is 0.0970. The molecule has 220 valence electrons. The standard InChI is InChI=1S/C29H42F3N4O2PSi/c1-10-40(11-2,12-3)38-27(18(4)5)29(31,32)23-15-13-14-21(26(23)30)19(6)34-28-22-16-25(39(8,9)37)33-17-24(22)35-20(7)36-28/h13-19,27H,10-12H2,1-9H3,(H,34,35,36)/t19-,27?/m1/s1. The molecule has 1 N–H and O–H groups in total. The van der Waals surface area contributed by atoms with E-state index in [1.54, 1.807) is 47.1 Å². The summed E-state index contributed by atoms with van der Waals surface area (Å²) in [6, 6.07) is 7.22. The second-order valence-corrected chi connectivity index (χ2v) is 19.1. The van der Waals surface area contributed by atoms with Gasteiger partial charge in [0, 0.05) is 10.9 Å². The highest BCUT2D eigenvalue weighted by Crippen LogP contribution is 2.43. The van der Waals surface area contributed by atoms with Crippen molar-refractivity contribution in [3.63, 3.8) is 0 Å². The number of aryl methyl sites for hydroxylation is 1. The second kappa shape index (κ2) is 12.3. The van der Waals surface area contributed by atoms with Crippen molar-refractivity contribution < 1.29 is 22.2 Å². The summed E-state index contributed by atoms with van der Waals surface area (Å²) in [5.41, 5.74) is 0.366. The Morgan fingerprint density at radius 1 is 1.07 bits per heavy atom. The highest BCUT2D eigenvalue weighted by atomic mass is 31.2. The smallest absolute Gasteiger partial charge is 0.300 e. The van der Waals surface area contributed by atoms with E-state index in [0.29, 0.717) is 28.0 Å². The van der Waals surface area contributed by atoms with Crippen molar-refractivity contribution in [3.8, 4) is 0 Å². The van der Waals surface area contributed by atoms with Crippen LogP contribution in [0.15, 0.2) is 30.5 Å². The Morgan fingerprint density at radius 3 is 2.25 bits per heavy atom. The molecule has 11 heteroatoms. The molecule has 0 saturated heterocycles. The molecular formula is C29H42F3N4O2PSi. The van der Waals surface area contributed by atoms with Crippen molar-refractivity contribution >= 4 is 37.6 Å². The Labute approximate surface area is 237 Å². The van der Waals surface area contributed by atoms with Crippen molar-refractivity contribution in [1.82, 2.24) is 15.0 Å². The number of anilines is 1. The van der Waals surface area contributed by atoms with Crippen LogP contribution in [0.4, 0.5) is 19.0 Å². The minimum absolute atomic E-state index is 0.0833. The number of halogens is 3. The average Bonchev–Trinajstić information content (AvgIpc) is 2.88. The van der Waals surface area contributed by atoms with Crippen LogP contribution >= 0.6 is 7.14 Å². The maximum Gasteiger partial charge on any atom is 0.300 e. The van der Waals surface area contributed by atoms with Gasteiger partial charge in [0.15, 0.2) is 8.32 Å². The molecule has 2 aromatic heterocycles. The van der Waals surface area contributed by atoms with E-state index in [-0.39, 0.29) is 5.56 Å². The first-order valence-electron chi connectivity index (χ1n) is 13.9.